The van der Waals surface area contributed by atoms with Crippen LogP contribution < -0.4 is 4.74 Å². The summed E-state index contributed by atoms with van der Waals surface area (Å²) in [6.07, 6.45) is 17.9. The van der Waals surface area contributed by atoms with E-state index in [0.29, 0.717) is 18.6 Å². The number of hydrogen-bond donors (Lipinski definition) is 0. The Morgan fingerprint density at radius 1 is 0.976 bits per heavy atom. The van der Waals surface area contributed by atoms with Gasteiger partial charge in [0.2, 0.25) is 0 Å². The second-order valence-corrected chi connectivity index (χ2v) is 11.9. The number of hydrogen-bond acceptors (Lipinski definition) is 4. The normalized spacial score (nSPS) is 18.5. The summed E-state index contributed by atoms with van der Waals surface area (Å²) in [5.74, 6) is 1.08. The van der Waals surface area contributed by atoms with Crippen molar-refractivity contribution < 1.29 is 14.3 Å². The van der Waals surface area contributed by atoms with E-state index < -0.39 is 0 Å². The van der Waals surface area contributed by atoms with Gasteiger partial charge >= 0.3 is 5.97 Å². The van der Waals surface area contributed by atoms with Gasteiger partial charge in [0.05, 0.1) is 24.2 Å². The molecule has 1 aliphatic rings. The third-order valence-electron chi connectivity index (χ3n) is 8.64. The molecule has 1 saturated carbocycles. The van der Waals surface area contributed by atoms with Crippen molar-refractivity contribution in [1.29, 1.82) is 5.26 Å². The predicted octanol–water partition coefficient (Wildman–Crippen LogP) is 10.3. The first-order valence-electron chi connectivity index (χ1n) is 16.1. The zero-order valence-corrected chi connectivity index (χ0v) is 25.5. The summed E-state index contributed by atoms with van der Waals surface area (Å²) in [5, 5.41) is 10.2. The van der Waals surface area contributed by atoms with E-state index in [9.17, 15) is 10.1 Å². The predicted molar refractivity (Wildman–Crippen MR) is 169 cm³/mol. The molecule has 1 aliphatic carbocycles. The molecule has 41 heavy (non-hydrogen) atoms. The Morgan fingerprint density at radius 3 is 2.20 bits per heavy atom. The summed E-state index contributed by atoms with van der Waals surface area (Å²) in [6.45, 7) is 8.32. The van der Waals surface area contributed by atoms with Crippen LogP contribution in [0.2, 0.25) is 0 Å². The maximum atomic E-state index is 11.1. The molecule has 0 bridgehead atoms. The molecule has 2 aromatic carbocycles. The van der Waals surface area contributed by atoms with Crippen molar-refractivity contribution in [2.45, 2.75) is 122 Å². The van der Waals surface area contributed by atoms with Crippen molar-refractivity contribution in [3.63, 3.8) is 0 Å². The molecule has 2 unspecified atom stereocenters. The highest BCUT2D eigenvalue weighted by Crippen LogP contribution is 2.47. The van der Waals surface area contributed by atoms with Gasteiger partial charge in [-0.3, -0.25) is 0 Å². The zero-order chi connectivity index (χ0) is 29.3. The Labute approximate surface area is 249 Å². The minimum atomic E-state index is -0.340. The number of benzene rings is 2. The maximum Gasteiger partial charge on any atom is 0.330 e. The molecule has 0 aliphatic heterocycles. The number of unbranched alkanes of at least 4 members (excludes halogenated alkanes) is 5. The Bertz CT molecular complexity index is 1080. The SMILES string of the molecule is C=CC(=O)OCCCCCCCCC1(C#N)CCCC(c2ccc(-c3ccc(OC(CCC)CCC)cc3)cc2)C1. The van der Waals surface area contributed by atoms with Gasteiger partial charge in [-0.2, -0.15) is 5.26 Å². The Morgan fingerprint density at radius 2 is 1.59 bits per heavy atom. The van der Waals surface area contributed by atoms with Crippen LogP contribution in [0.15, 0.2) is 61.2 Å². The molecule has 2 atom stereocenters. The van der Waals surface area contributed by atoms with Crippen molar-refractivity contribution >= 4 is 5.97 Å². The average Bonchev–Trinajstić information content (AvgIpc) is 3.01. The van der Waals surface area contributed by atoms with Crippen LogP contribution in [0.1, 0.15) is 122 Å². The van der Waals surface area contributed by atoms with Gasteiger partial charge in [0.25, 0.3) is 0 Å². The molecule has 0 aromatic heterocycles. The standard InChI is InChI=1S/C37H51NO3/c1-4-14-34(15-5-2)41-35-23-21-31(22-24-35)30-17-19-32(20-18-30)33-16-13-26-37(28-33,29-38)25-11-9-7-8-10-12-27-40-36(39)6-3/h6,17-24,33-34H,3-5,7-16,25-28H2,1-2H3. The second kappa shape index (κ2) is 17.7. The van der Waals surface area contributed by atoms with Gasteiger partial charge in [-0.05, 0) is 79.7 Å². The van der Waals surface area contributed by atoms with Gasteiger partial charge in [0, 0.05) is 6.08 Å². The van der Waals surface area contributed by atoms with Crippen LogP contribution in [0.4, 0.5) is 0 Å². The third kappa shape index (κ3) is 10.7. The molecule has 0 heterocycles. The van der Waals surface area contributed by atoms with Crippen LogP contribution in [0, 0.1) is 16.7 Å². The minimum absolute atomic E-state index is 0.191. The summed E-state index contributed by atoms with van der Waals surface area (Å²) in [4.78, 5) is 11.1. The number of ether oxygens (including phenoxy) is 2. The van der Waals surface area contributed by atoms with Gasteiger partial charge in [0.1, 0.15) is 5.75 Å². The molecule has 3 rings (SSSR count). The first-order valence-corrected chi connectivity index (χ1v) is 16.1. The van der Waals surface area contributed by atoms with E-state index in [1.807, 2.05) is 0 Å². The van der Waals surface area contributed by atoms with E-state index in [2.05, 4.69) is 75.0 Å². The van der Waals surface area contributed by atoms with Gasteiger partial charge in [-0.25, -0.2) is 4.79 Å². The lowest BCUT2D eigenvalue weighted by atomic mass is 9.66. The fraction of sp³-hybridized carbons (Fsp3) is 0.568. The number of nitriles is 1. The van der Waals surface area contributed by atoms with Crippen LogP contribution in [0.3, 0.4) is 0 Å². The largest absolute Gasteiger partial charge is 0.490 e. The molecule has 0 saturated heterocycles. The summed E-state index contributed by atoms with van der Waals surface area (Å²) in [5.41, 5.74) is 3.61. The van der Waals surface area contributed by atoms with E-state index in [0.717, 1.165) is 89.2 Å². The average molecular weight is 558 g/mol. The molecule has 0 amide bonds. The Balaban J connectivity index is 1.46. The topological polar surface area (TPSA) is 59.3 Å². The molecule has 2 aromatic rings. The number of esters is 1. The molecule has 0 N–H and O–H groups in total. The number of carbonyl (C=O) groups is 1. The van der Waals surface area contributed by atoms with Crippen LogP contribution >= 0.6 is 0 Å². The van der Waals surface area contributed by atoms with Crippen molar-refractivity contribution in [3.05, 3.63) is 66.7 Å². The van der Waals surface area contributed by atoms with E-state index in [1.54, 1.807) is 0 Å². The van der Waals surface area contributed by atoms with Gasteiger partial charge in [-0.1, -0.05) is 108 Å². The quantitative estimate of drug-likeness (QED) is 0.104. The summed E-state index contributed by atoms with van der Waals surface area (Å²) >= 11 is 0. The molecule has 0 spiro atoms. The lowest BCUT2D eigenvalue weighted by Gasteiger charge is -2.36. The van der Waals surface area contributed by atoms with Gasteiger partial charge < -0.3 is 9.47 Å². The molecule has 222 valence electrons. The highest BCUT2D eigenvalue weighted by molar-refractivity contribution is 5.81. The third-order valence-corrected chi connectivity index (χ3v) is 8.64. The fourth-order valence-electron chi connectivity index (χ4n) is 6.31. The lowest BCUT2D eigenvalue weighted by Crippen LogP contribution is -2.26. The molecule has 4 heteroatoms. The zero-order valence-electron chi connectivity index (χ0n) is 25.5. The smallest absolute Gasteiger partial charge is 0.330 e. The van der Waals surface area contributed by atoms with Crippen molar-refractivity contribution in [2.24, 2.45) is 5.41 Å². The van der Waals surface area contributed by atoms with Gasteiger partial charge in [0.15, 0.2) is 0 Å². The van der Waals surface area contributed by atoms with E-state index in [-0.39, 0.29) is 11.4 Å². The number of carbonyl (C=O) groups excluding carboxylic acids is 1. The lowest BCUT2D eigenvalue weighted by molar-refractivity contribution is -0.137. The van der Waals surface area contributed by atoms with E-state index >= 15 is 0 Å². The monoisotopic (exact) mass is 557 g/mol. The van der Waals surface area contributed by atoms with Gasteiger partial charge in [-0.15, -0.1) is 0 Å². The van der Waals surface area contributed by atoms with E-state index in [1.165, 1.54) is 35.6 Å². The first-order chi connectivity index (χ1) is 20.0. The fourth-order valence-corrected chi connectivity index (χ4v) is 6.31. The van der Waals surface area contributed by atoms with Crippen LogP contribution in [0.25, 0.3) is 11.1 Å². The molecular weight excluding hydrogens is 506 g/mol. The minimum Gasteiger partial charge on any atom is -0.490 e. The second-order valence-electron chi connectivity index (χ2n) is 11.9. The van der Waals surface area contributed by atoms with Crippen LogP contribution in [-0.4, -0.2) is 18.7 Å². The number of rotatable bonds is 18. The summed E-state index contributed by atoms with van der Waals surface area (Å²) < 4.78 is 11.3. The summed E-state index contributed by atoms with van der Waals surface area (Å²) in [6, 6.07) is 20.3. The first kappa shape index (κ1) is 32.5. The van der Waals surface area contributed by atoms with Crippen molar-refractivity contribution in [3.8, 4) is 22.9 Å². The highest BCUT2D eigenvalue weighted by atomic mass is 16.5. The van der Waals surface area contributed by atoms with E-state index in [4.69, 9.17) is 9.47 Å². The van der Waals surface area contributed by atoms with Crippen LogP contribution in [0.5, 0.6) is 5.75 Å². The van der Waals surface area contributed by atoms with Crippen molar-refractivity contribution in [1.82, 2.24) is 0 Å². The van der Waals surface area contributed by atoms with Crippen molar-refractivity contribution in [2.75, 3.05) is 6.61 Å². The van der Waals surface area contributed by atoms with Crippen LogP contribution in [-0.2, 0) is 9.53 Å². The molecule has 4 nitrogen and oxygen atoms in total. The molecule has 0 radical (unpaired) electrons. The molecular formula is C37H51NO3. The maximum absolute atomic E-state index is 11.1. The Kier molecular flexibility index (Phi) is 14.0. The highest BCUT2D eigenvalue weighted by Gasteiger charge is 2.36. The Hall–Kier alpha value is -3.06. The molecule has 1 fully saturated rings. The summed E-state index contributed by atoms with van der Waals surface area (Å²) in [7, 11) is 0. The number of nitrogens with zero attached hydrogens (tertiary/aromatic N) is 1.